The number of nitrogens with one attached hydrogen (secondary N) is 2. The van der Waals surface area contributed by atoms with Crippen molar-refractivity contribution in [2.75, 3.05) is 25.5 Å². The van der Waals surface area contributed by atoms with Crippen molar-refractivity contribution in [3.63, 3.8) is 0 Å². The van der Waals surface area contributed by atoms with Gasteiger partial charge in [0.2, 0.25) is 0 Å². The number of carbonyl (C=O) groups excluding carboxylic acids is 2. The van der Waals surface area contributed by atoms with Gasteiger partial charge in [-0.05, 0) is 18.4 Å². The average Bonchev–Trinajstić information content (AvgIpc) is 2.61. The van der Waals surface area contributed by atoms with Crippen LogP contribution in [-0.4, -0.2) is 42.6 Å². The van der Waals surface area contributed by atoms with Crippen LogP contribution in [0.1, 0.15) is 18.4 Å². The zero-order valence-electron chi connectivity index (χ0n) is 13.2. The van der Waals surface area contributed by atoms with Gasteiger partial charge in [0, 0.05) is 19.0 Å². The molecule has 0 bridgehead atoms. The summed E-state index contributed by atoms with van der Waals surface area (Å²) < 4.78 is 5.06. The first-order valence-electron chi connectivity index (χ1n) is 7.56. The van der Waals surface area contributed by atoms with E-state index in [9.17, 15) is 14.5 Å². The minimum Gasteiger partial charge on any atom is -0.445 e. The van der Waals surface area contributed by atoms with Gasteiger partial charge >= 0.3 is 12.1 Å². The predicted molar refractivity (Wildman–Crippen MR) is 90.5 cm³/mol. The van der Waals surface area contributed by atoms with E-state index in [1.165, 1.54) is 0 Å². The molecular formula is C15H21ClN4O4. The molecule has 1 aromatic rings. The van der Waals surface area contributed by atoms with Crippen LogP contribution in [0.5, 0.6) is 0 Å². The summed E-state index contributed by atoms with van der Waals surface area (Å²) in [6.07, 6.45) is 0.810. The van der Waals surface area contributed by atoms with E-state index in [1.54, 1.807) is 0 Å². The van der Waals surface area contributed by atoms with Crippen LogP contribution in [0.25, 0.3) is 0 Å². The monoisotopic (exact) mass is 356 g/mol. The van der Waals surface area contributed by atoms with Gasteiger partial charge in [0.25, 0.3) is 0 Å². The largest absolute Gasteiger partial charge is 0.445 e. The smallest absolute Gasteiger partial charge is 0.407 e. The lowest BCUT2D eigenvalue weighted by atomic mass is 10.2. The van der Waals surface area contributed by atoms with Gasteiger partial charge < -0.3 is 15.4 Å². The number of urea groups is 1. The van der Waals surface area contributed by atoms with Crippen LogP contribution in [0.2, 0.25) is 0 Å². The van der Waals surface area contributed by atoms with Gasteiger partial charge in [0.05, 0.1) is 11.8 Å². The first-order valence-corrected chi connectivity index (χ1v) is 8.10. The Morgan fingerprint density at radius 1 is 1.12 bits per heavy atom. The van der Waals surface area contributed by atoms with Crippen molar-refractivity contribution >= 4 is 23.7 Å². The Balaban J connectivity index is 2.04. The maximum atomic E-state index is 11.5. The molecule has 0 saturated carbocycles. The van der Waals surface area contributed by atoms with Crippen molar-refractivity contribution in [1.29, 1.82) is 0 Å². The summed E-state index contributed by atoms with van der Waals surface area (Å²) in [7, 11) is 0. The van der Waals surface area contributed by atoms with Gasteiger partial charge in [-0.15, -0.1) is 16.5 Å². The number of alkyl carbamates (subject to hydrolysis) is 1. The Morgan fingerprint density at radius 3 is 2.42 bits per heavy atom. The zero-order valence-corrected chi connectivity index (χ0v) is 14.0. The molecule has 1 rings (SSSR count). The van der Waals surface area contributed by atoms with Crippen molar-refractivity contribution in [2.24, 2.45) is 5.29 Å². The van der Waals surface area contributed by atoms with Crippen LogP contribution < -0.4 is 10.6 Å². The number of ether oxygens (including phenoxy) is 1. The van der Waals surface area contributed by atoms with Crippen molar-refractivity contribution in [2.45, 2.75) is 19.4 Å². The summed E-state index contributed by atoms with van der Waals surface area (Å²) in [5, 5.41) is 8.47. The first kappa shape index (κ1) is 19.7. The first-order chi connectivity index (χ1) is 11.7. The molecule has 0 radical (unpaired) electrons. The van der Waals surface area contributed by atoms with Crippen molar-refractivity contribution in [3.8, 4) is 0 Å². The molecule has 0 fully saturated rings. The second-order valence-electron chi connectivity index (χ2n) is 4.82. The van der Waals surface area contributed by atoms with Gasteiger partial charge in [-0.2, -0.15) is 5.01 Å². The van der Waals surface area contributed by atoms with E-state index < -0.39 is 12.1 Å². The van der Waals surface area contributed by atoms with Crippen LogP contribution in [0, 0.1) is 4.91 Å². The van der Waals surface area contributed by atoms with E-state index in [0.717, 1.165) is 10.6 Å². The Kier molecular flexibility index (Phi) is 9.95. The molecule has 2 N–H and O–H groups in total. The van der Waals surface area contributed by atoms with Gasteiger partial charge in [-0.1, -0.05) is 30.3 Å². The third kappa shape index (κ3) is 8.33. The van der Waals surface area contributed by atoms with E-state index in [1.807, 2.05) is 30.3 Å². The van der Waals surface area contributed by atoms with E-state index in [2.05, 4.69) is 15.9 Å². The topological polar surface area (TPSA) is 100 Å². The Bertz CT molecular complexity index is 515. The van der Waals surface area contributed by atoms with Crippen LogP contribution in [-0.2, 0) is 11.3 Å². The summed E-state index contributed by atoms with van der Waals surface area (Å²) in [5.74, 6) is 0.133. The molecule has 0 aliphatic carbocycles. The highest BCUT2D eigenvalue weighted by Gasteiger charge is 2.11. The molecule has 24 heavy (non-hydrogen) atoms. The standard InChI is InChI=1S/C15H21ClN4O4/c16-8-11-20(19-23)14(21)17-9-4-5-10-18-15(22)24-12-13-6-2-1-3-7-13/h1-3,6-7H,4-5,8-12H2,(H,17,21)(H,18,22). The molecule has 0 aliphatic heterocycles. The summed E-state index contributed by atoms with van der Waals surface area (Å²) in [6, 6.07) is 8.80. The normalized spacial score (nSPS) is 9.88. The summed E-state index contributed by atoms with van der Waals surface area (Å²) in [4.78, 5) is 33.4. The van der Waals surface area contributed by atoms with E-state index >= 15 is 0 Å². The second kappa shape index (κ2) is 12.1. The number of hydrogen-bond acceptors (Lipinski definition) is 5. The third-order valence-electron chi connectivity index (χ3n) is 2.99. The lowest BCUT2D eigenvalue weighted by Gasteiger charge is -2.12. The molecule has 1 aromatic carbocycles. The number of amides is 3. The molecule has 0 unspecified atom stereocenters. The molecule has 0 saturated heterocycles. The Morgan fingerprint density at radius 2 is 1.79 bits per heavy atom. The molecule has 0 spiro atoms. The van der Waals surface area contributed by atoms with Crippen LogP contribution >= 0.6 is 11.6 Å². The number of nitrogens with zero attached hydrogens (tertiary/aromatic N) is 2. The lowest BCUT2D eigenvalue weighted by molar-refractivity contribution is 0.139. The number of rotatable bonds is 10. The van der Waals surface area contributed by atoms with Crippen molar-refractivity contribution in [3.05, 3.63) is 40.8 Å². The van der Waals surface area contributed by atoms with Gasteiger partial charge in [-0.3, -0.25) is 0 Å². The van der Waals surface area contributed by atoms with E-state index in [4.69, 9.17) is 16.3 Å². The molecule has 0 aromatic heterocycles. The minimum atomic E-state index is -0.583. The number of hydrogen-bond donors (Lipinski definition) is 2. The fraction of sp³-hybridized carbons (Fsp3) is 0.467. The number of unbranched alkanes of at least 4 members (excludes halogenated alkanes) is 1. The van der Waals surface area contributed by atoms with E-state index in [0.29, 0.717) is 25.9 Å². The number of nitroso groups, excluding NO2 is 1. The number of benzene rings is 1. The summed E-state index contributed by atoms with van der Waals surface area (Å²) in [5.41, 5.74) is 0.917. The van der Waals surface area contributed by atoms with Crippen LogP contribution in [0.15, 0.2) is 35.6 Å². The molecular weight excluding hydrogens is 336 g/mol. The number of halogens is 1. The van der Waals surface area contributed by atoms with Crippen molar-refractivity contribution < 1.29 is 14.3 Å². The lowest BCUT2D eigenvalue weighted by Crippen LogP contribution is -2.38. The van der Waals surface area contributed by atoms with Crippen LogP contribution in [0.4, 0.5) is 9.59 Å². The number of carbonyl (C=O) groups is 2. The molecule has 8 nitrogen and oxygen atoms in total. The summed E-state index contributed by atoms with van der Waals surface area (Å²) >= 11 is 5.44. The minimum absolute atomic E-state index is 0.0612. The van der Waals surface area contributed by atoms with Crippen molar-refractivity contribution in [1.82, 2.24) is 15.6 Å². The SMILES string of the molecule is O=NN(CCCl)C(=O)NCCCCNC(=O)OCc1ccccc1. The van der Waals surface area contributed by atoms with Gasteiger partial charge in [0.1, 0.15) is 6.61 Å². The Hall–Kier alpha value is -2.35. The average molecular weight is 357 g/mol. The third-order valence-corrected chi connectivity index (χ3v) is 3.16. The maximum absolute atomic E-state index is 11.5. The molecule has 0 atom stereocenters. The molecule has 132 valence electrons. The van der Waals surface area contributed by atoms with E-state index in [-0.39, 0.29) is 19.0 Å². The second-order valence-corrected chi connectivity index (χ2v) is 5.20. The Labute approximate surface area is 145 Å². The molecule has 9 heteroatoms. The quantitative estimate of drug-likeness (QED) is 0.291. The maximum Gasteiger partial charge on any atom is 0.407 e. The van der Waals surface area contributed by atoms with Gasteiger partial charge in [0.15, 0.2) is 0 Å². The number of alkyl halides is 1. The predicted octanol–water partition coefficient (Wildman–Crippen LogP) is 2.62. The highest BCUT2D eigenvalue weighted by atomic mass is 35.5. The fourth-order valence-electron chi connectivity index (χ4n) is 1.76. The molecule has 0 aliphatic rings. The van der Waals surface area contributed by atoms with Crippen LogP contribution in [0.3, 0.4) is 0 Å². The van der Waals surface area contributed by atoms with Gasteiger partial charge in [-0.25, -0.2) is 9.59 Å². The molecule has 3 amide bonds. The fourth-order valence-corrected chi connectivity index (χ4v) is 1.92. The summed E-state index contributed by atoms with van der Waals surface area (Å²) in [6.45, 7) is 1.08. The highest BCUT2D eigenvalue weighted by molar-refractivity contribution is 6.18. The zero-order chi connectivity index (χ0) is 17.6. The molecule has 0 heterocycles. The highest BCUT2D eigenvalue weighted by Crippen LogP contribution is 2.00.